The molecule has 2 saturated heterocycles. The predicted molar refractivity (Wildman–Crippen MR) is 258 cm³/mol. The maximum absolute atomic E-state index is 12.8. The molecule has 4 heterocycles. The van der Waals surface area contributed by atoms with Crippen LogP contribution in [0.3, 0.4) is 0 Å². The third-order valence-electron chi connectivity index (χ3n) is 11.6. The number of amides is 2. The number of carbonyl (C=O) groups excluding carboxylic acids is 2. The summed E-state index contributed by atoms with van der Waals surface area (Å²) in [6.45, 7) is 17.4. The first-order valence-electron chi connectivity index (χ1n) is 21.4. The van der Waals surface area contributed by atoms with Gasteiger partial charge in [0.1, 0.15) is 0 Å². The molecule has 316 valence electrons. The minimum absolute atomic E-state index is 0.0894. The van der Waals surface area contributed by atoms with Gasteiger partial charge in [0.05, 0.1) is 0 Å². The minimum Gasteiger partial charge on any atom is -0.399 e. The van der Waals surface area contributed by atoms with Gasteiger partial charge in [-0.2, -0.15) is 0 Å². The van der Waals surface area contributed by atoms with Crippen molar-refractivity contribution in [3.05, 3.63) is 157 Å². The van der Waals surface area contributed by atoms with Crippen molar-refractivity contribution in [2.24, 2.45) is 0 Å². The number of nitrogens with zero attached hydrogens (tertiary/aromatic N) is 4. The van der Waals surface area contributed by atoms with Crippen molar-refractivity contribution in [3.63, 3.8) is 0 Å². The zero-order chi connectivity index (χ0) is 42.4. The van der Waals surface area contributed by atoms with Crippen LogP contribution in [-0.4, -0.2) is 83.8 Å². The fourth-order valence-corrected chi connectivity index (χ4v) is 10.2. The number of nitrogens with two attached hydrogens (primary N) is 1. The van der Waals surface area contributed by atoms with Gasteiger partial charge < -0.3 is 15.5 Å². The first kappa shape index (κ1) is 45.2. The van der Waals surface area contributed by atoms with E-state index in [1.54, 1.807) is 0 Å². The highest BCUT2D eigenvalue weighted by Crippen LogP contribution is 2.35. The topological polar surface area (TPSA) is 73.1 Å². The molecule has 2 N–H and O–H groups in total. The fourth-order valence-electron chi connectivity index (χ4n) is 8.08. The lowest BCUT2D eigenvalue weighted by molar-refractivity contribution is 0.0765. The molecule has 0 unspecified atom stereocenters. The molecule has 0 saturated carbocycles. The Morgan fingerprint density at radius 3 is 1.42 bits per heavy atom. The van der Waals surface area contributed by atoms with Gasteiger partial charge in [-0.1, -0.05) is 75.6 Å². The number of anilines is 1. The van der Waals surface area contributed by atoms with Gasteiger partial charge in [-0.3, -0.25) is 19.4 Å². The number of rotatable bonds is 13. The molecule has 0 spiro atoms. The molecule has 7 nitrogen and oxygen atoms in total. The molecule has 7 rings (SSSR count). The van der Waals surface area contributed by atoms with E-state index in [9.17, 15) is 9.59 Å². The number of carbonyl (C=O) groups is 2. The van der Waals surface area contributed by atoms with E-state index >= 15 is 0 Å². The molecule has 0 aliphatic carbocycles. The molecule has 2 amide bonds. The summed E-state index contributed by atoms with van der Waals surface area (Å²) in [5.41, 5.74) is 16.1. The summed E-state index contributed by atoms with van der Waals surface area (Å²) in [6, 6.07) is 33.0. The lowest BCUT2D eigenvalue weighted by Gasteiger charge is -2.30. The number of likely N-dealkylation sites (tertiary alicyclic amines) is 2. The molecular formula is C50H60BrN5O2S2. The maximum Gasteiger partial charge on any atom is 0.253 e. The zero-order valence-electron chi connectivity index (χ0n) is 35.7. The molecule has 2 aliphatic rings. The van der Waals surface area contributed by atoms with Crippen molar-refractivity contribution in [2.75, 3.05) is 58.1 Å². The number of halogens is 1. The number of thiophene rings is 2. The molecule has 2 aliphatic heterocycles. The molecule has 0 bridgehead atoms. The van der Waals surface area contributed by atoms with Crippen LogP contribution in [0, 0.1) is 0 Å². The van der Waals surface area contributed by atoms with E-state index < -0.39 is 0 Å². The van der Waals surface area contributed by atoms with Gasteiger partial charge in [-0.05, 0) is 135 Å². The SMILES string of the molecule is CCN(CC)C(=O)c1ccc(C(=C2CCN(Cc3cccs3)CC2)c2cccc(N)c2)cc1.CCN(CC)C(=O)c1ccc(C(Br)=C2CCN(Cc3cccs3)CC2)cc1. The van der Waals surface area contributed by atoms with Crippen molar-refractivity contribution >= 4 is 66.2 Å². The maximum atomic E-state index is 12.8. The lowest BCUT2D eigenvalue weighted by Crippen LogP contribution is -2.30. The van der Waals surface area contributed by atoms with Crippen molar-refractivity contribution in [3.8, 4) is 0 Å². The van der Waals surface area contributed by atoms with E-state index in [0.29, 0.717) is 0 Å². The Bertz CT molecular complexity index is 2170. The van der Waals surface area contributed by atoms with E-state index in [1.807, 2.05) is 96.6 Å². The van der Waals surface area contributed by atoms with Crippen LogP contribution in [0.1, 0.15) is 101 Å². The summed E-state index contributed by atoms with van der Waals surface area (Å²) in [6.07, 6.45) is 4.25. The van der Waals surface area contributed by atoms with Crippen molar-refractivity contribution in [1.82, 2.24) is 19.6 Å². The molecule has 3 aromatic carbocycles. The van der Waals surface area contributed by atoms with Gasteiger partial charge in [-0.25, -0.2) is 0 Å². The number of nitrogen functional groups attached to an aromatic ring is 1. The van der Waals surface area contributed by atoms with Crippen LogP contribution < -0.4 is 5.73 Å². The number of benzene rings is 3. The summed E-state index contributed by atoms with van der Waals surface area (Å²) >= 11 is 7.48. The Kier molecular flexibility index (Phi) is 17.0. The molecule has 0 radical (unpaired) electrons. The first-order chi connectivity index (χ1) is 29.2. The summed E-state index contributed by atoms with van der Waals surface area (Å²) in [7, 11) is 0. The highest BCUT2D eigenvalue weighted by Gasteiger charge is 2.22. The Morgan fingerprint density at radius 1 is 0.567 bits per heavy atom. The number of hydrogen-bond donors (Lipinski definition) is 1. The lowest BCUT2D eigenvalue weighted by atomic mass is 9.88. The number of hydrogen-bond acceptors (Lipinski definition) is 7. The van der Waals surface area contributed by atoms with E-state index in [4.69, 9.17) is 5.73 Å². The van der Waals surface area contributed by atoms with Crippen molar-refractivity contribution < 1.29 is 9.59 Å². The smallest absolute Gasteiger partial charge is 0.253 e. The van der Waals surface area contributed by atoms with E-state index in [2.05, 4.69) is 97.2 Å². The normalized spacial score (nSPS) is 14.6. The fraction of sp³-hybridized carbons (Fsp3) is 0.360. The van der Waals surface area contributed by atoms with Gasteiger partial charge in [-0.15, -0.1) is 22.7 Å². The Morgan fingerprint density at radius 2 is 1.00 bits per heavy atom. The largest absolute Gasteiger partial charge is 0.399 e. The van der Waals surface area contributed by atoms with Gasteiger partial charge in [0.2, 0.25) is 0 Å². The Labute approximate surface area is 374 Å². The van der Waals surface area contributed by atoms with Gasteiger partial charge in [0, 0.05) is 96.5 Å². The van der Waals surface area contributed by atoms with Crippen LogP contribution in [-0.2, 0) is 13.1 Å². The van der Waals surface area contributed by atoms with Gasteiger partial charge in [0.25, 0.3) is 11.8 Å². The molecule has 10 heteroatoms. The molecule has 0 atom stereocenters. The highest BCUT2D eigenvalue weighted by atomic mass is 79.9. The zero-order valence-corrected chi connectivity index (χ0v) is 38.9. The number of piperidine rings is 2. The van der Waals surface area contributed by atoms with Crippen LogP contribution >= 0.6 is 38.6 Å². The van der Waals surface area contributed by atoms with Gasteiger partial charge in [0.15, 0.2) is 0 Å². The molecule has 2 aromatic heterocycles. The summed E-state index contributed by atoms with van der Waals surface area (Å²) in [5, 5.41) is 4.30. The second kappa shape index (κ2) is 22.5. The van der Waals surface area contributed by atoms with Crippen molar-refractivity contribution in [2.45, 2.75) is 66.5 Å². The standard InChI is InChI=1S/C28H33N3OS.C22H27BrN2OS/c1-3-31(4-2)28(32)23-12-10-21(11-13-23)27(24-7-5-8-25(29)19-24)22-14-16-30(17-15-22)20-26-9-6-18-33-26;1-3-25(4-2)22(26)19-9-7-17(8-10-19)21(23)18-11-13-24(14-12-18)16-20-6-5-15-27-20/h5-13,18-19H,3-4,14-17,20,29H2,1-2H3;5-10,15H,3-4,11-14,16H2,1-2H3. The predicted octanol–water partition coefficient (Wildman–Crippen LogP) is 11.5. The summed E-state index contributed by atoms with van der Waals surface area (Å²) in [5.74, 6) is 0.198. The molecule has 60 heavy (non-hydrogen) atoms. The molecular weight excluding hydrogens is 847 g/mol. The first-order valence-corrected chi connectivity index (χ1v) is 24.0. The average Bonchev–Trinajstić information content (AvgIpc) is 4.01. The summed E-state index contributed by atoms with van der Waals surface area (Å²) < 4.78 is 1.19. The van der Waals surface area contributed by atoms with Crippen LogP contribution in [0.5, 0.6) is 0 Å². The Hall–Kier alpha value is -4.32. The van der Waals surface area contributed by atoms with Crippen LogP contribution in [0.2, 0.25) is 0 Å². The van der Waals surface area contributed by atoms with Crippen LogP contribution in [0.25, 0.3) is 10.1 Å². The second-order valence-electron chi connectivity index (χ2n) is 15.3. The third kappa shape index (κ3) is 11.9. The van der Waals surface area contributed by atoms with E-state index in [1.165, 1.54) is 31.0 Å². The van der Waals surface area contributed by atoms with Crippen LogP contribution in [0.4, 0.5) is 5.69 Å². The van der Waals surface area contributed by atoms with Crippen LogP contribution in [0.15, 0.2) is 119 Å². The third-order valence-corrected chi connectivity index (χ3v) is 14.3. The quantitative estimate of drug-likeness (QED) is 0.119. The molecule has 5 aromatic rings. The van der Waals surface area contributed by atoms with E-state index in [-0.39, 0.29) is 11.8 Å². The minimum atomic E-state index is 0.0894. The monoisotopic (exact) mass is 905 g/mol. The highest BCUT2D eigenvalue weighted by molar-refractivity contribution is 9.15. The molecule has 2 fully saturated rings. The Balaban J connectivity index is 0.000000205. The summed E-state index contributed by atoms with van der Waals surface area (Å²) in [4.78, 5) is 36.9. The second-order valence-corrected chi connectivity index (χ2v) is 18.2. The van der Waals surface area contributed by atoms with Gasteiger partial charge >= 0.3 is 0 Å². The van der Waals surface area contributed by atoms with Crippen molar-refractivity contribution in [1.29, 1.82) is 0 Å². The average molecular weight is 907 g/mol. The van der Waals surface area contributed by atoms with E-state index in [0.717, 1.165) is 125 Å².